The van der Waals surface area contributed by atoms with Gasteiger partial charge in [0.25, 0.3) is 0 Å². The van der Waals surface area contributed by atoms with Gasteiger partial charge in [-0.15, -0.1) is 0 Å². The molecule has 10 aromatic rings. The molecule has 290 valence electrons. The number of hydrogen-bond acceptors (Lipinski definition) is 1. The van der Waals surface area contributed by atoms with E-state index >= 15 is 13.2 Å². The molecule has 2 heterocycles. The Kier molecular flexibility index (Phi) is 8.55. The molecule has 0 bridgehead atoms. The fourth-order valence-corrected chi connectivity index (χ4v) is 9.23. The summed E-state index contributed by atoms with van der Waals surface area (Å²) in [7, 11) is 0. The summed E-state index contributed by atoms with van der Waals surface area (Å²) in [4.78, 5) is 0. The molecule has 0 saturated carbocycles. The quantitative estimate of drug-likeness (QED) is 0.171. The maximum atomic E-state index is 15.7. The number of para-hydroxylation sites is 2. The highest BCUT2D eigenvalue weighted by atomic mass is 19.4. The Labute approximate surface area is 345 Å². The zero-order valence-electron chi connectivity index (χ0n) is 33.5. The highest BCUT2D eigenvalue weighted by Crippen LogP contribution is 2.46. The van der Waals surface area contributed by atoms with Crippen LogP contribution in [0.1, 0.15) is 33.4 Å². The van der Waals surface area contributed by atoms with Crippen LogP contribution in [0.3, 0.4) is 0 Å². The van der Waals surface area contributed by atoms with E-state index in [1.807, 2.05) is 47.0 Å². The SMILES string of the molecule is Cc1ccc(-c2ccc3c4ccccc4n(-c4cc(-c5cccc(C#N)c5)c(C(F)(F)F)cc4-n4c5ccccc5c5ccc(-c6ccc(C)cc6C)cc54)c3c2)c(C)c1. The molecule has 0 radical (unpaired) electrons. The lowest BCUT2D eigenvalue weighted by Gasteiger charge is -2.22. The molecule has 8 aromatic carbocycles. The predicted molar refractivity (Wildman–Crippen MR) is 240 cm³/mol. The van der Waals surface area contributed by atoms with E-state index in [9.17, 15) is 5.26 Å². The number of alkyl halides is 3. The molecule has 0 atom stereocenters. The van der Waals surface area contributed by atoms with Gasteiger partial charge in [-0.05, 0) is 121 Å². The Morgan fingerprint density at radius 2 is 0.917 bits per heavy atom. The van der Waals surface area contributed by atoms with Crippen molar-refractivity contribution in [3.8, 4) is 50.8 Å². The maximum absolute atomic E-state index is 15.7. The molecule has 0 aliphatic heterocycles. The summed E-state index contributed by atoms with van der Waals surface area (Å²) in [6, 6.07) is 53.0. The van der Waals surface area contributed by atoms with Crippen molar-refractivity contribution in [1.82, 2.24) is 9.13 Å². The monoisotopic (exact) mass is 785 g/mol. The highest BCUT2D eigenvalue weighted by molar-refractivity contribution is 6.13. The fourth-order valence-electron chi connectivity index (χ4n) is 9.23. The van der Waals surface area contributed by atoms with Gasteiger partial charge in [-0.1, -0.05) is 120 Å². The normalized spacial score (nSPS) is 11.9. The van der Waals surface area contributed by atoms with Crippen molar-refractivity contribution in [3.63, 3.8) is 0 Å². The number of nitrogens with zero attached hydrogens (tertiary/aromatic N) is 3. The van der Waals surface area contributed by atoms with Crippen LogP contribution < -0.4 is 0 Å². The number of halogens is 3. The summed E-state index contributed by atoms with van der Waals surface area (Å²) < 4.78 is 51.3. The first kappa shape index (κ1) is 36.9. The highest BCUT2D eigenvalue weighted by Gasteiger charge is 2.36. The van der Waals surface area contributed by atoms with Crippen molar-refractivity contribution >= 4 is 43.6 Å². The topological polar surface area (TPSA) is 33.6 Å². The van der Waals surface area contributed by atoms with E-state index in [2.05, 4.69) is 117 Å². The Hall–Kier alpha value is -7.36. The van der Waals surface area contributed by atoms with Crippen LogP contribution in [0.4, 0.5) is 13.2 Å². The summed E-state index contributed by atoms with van der Waals surface area (Å²) in [5, 5.41) is 13.7. The van der Waals surface area contributed by atoms with Crippen LogP contribution in [0.2, 0.25) is 0 Å². The Morgan fingerprint density at radius 1 is 0.433 bits per heavy atom. The molecule has 60 heavy (non-hydrogen) atoms. The van der Waals surface area contributed by atoms with Gasteiger partial charge in [0.1, 0.15) is 0 Å². The number of aromatic nitrogens is 2. The third-order valence-electron chi connectivity index (χ3n) is 11.9. The summed E-state index contributed by atoms with van der Waals surface area (Å²) in [6.07, 6.45) is -4.73. The van der Waals surface area contributed by atoms with Crippen LogP contribution in [0, 0.1) is 39.0 Å². The molecule has 6 heteroatoms. The third kappa shape index (κ3) is 5.96. The van der Waals surface area contributed by atoms with E-state index in [4.69, 9.17) is 0 Å². The number of hydrogen-bond donors (Lipinski definition) is 0. The second kappa shape index (κ2) is 13.9. The molecule has 0 saturated heterocycles. The number of fused-ring (bicyclic) bond motifs is 6. The van der Waals surface area contributed by atoms with E-state index in [1.165, 1.54) is 17.7 Å². The second-order valence-corrected chi connectivity index (χ2v) is 15.9. The minimum Gasteiger partial charge on any atom is -0.307 e. The van der Waals surface area contributed by atoms with Gasteiger partial charge in [0, 0.05) is 21.5 Å². The molecular weight excluding hydrogens is 748 g/mol. The van der Waals surface area contributed by atoms with E-state index in [0.717, 1.165) is 82.6 Å². The smallest absolute Gasteiger partial charge is 0.307 e. The molecule has 0 spiro atoms. The van der Waals surface area contributed by atoms with E-state index in [-0.39, 0.29) is 11.1 Å². The van der Waals surface area contributed by atoms with Gasteiger partial charge in [0.2, 0.25) is 0 Å². The largest absolute Gasteiger partial charge is 0.417 e. The van der Waals surface area contributed by atoms with Crippen LogP contribution in [-0.2, 0) is 6.18 Å². The lowest BCUT2D eigenvalue weighted by molar-refractivity contribution is -0.137. The van der Waals surface area contributed by atoms with E-state index in [1.54, 1.807) is 24.3 Å². The molecule has 10 rings (SSSR count). The van der Waals surface area contributed by atoms with Gasteiger partial charge in [-0.2, -0.15) is 18.4 Å². The zero-order chi connectivity index (χ0) is 41.4. The fraction of sp³-hybridized carbons (Fsp3) is 0.0926. The average molecular weight is 786 g/mol. The van der Waals surface area contributed by atoms with E-state index < -0.39 is 11.7 Å². The summed E-state index contributed by atoms with van der Waals surface area (Å²) in [5.41, 5.74) is 12.8. The molecule has 0 aliphatic rings. The van der Waals surface area contributed by atoms with Crippen LogP contribution in [-0.4, -0.2) is 9.13 Å². The third-order valence-corrected chi connectivity index (χ3v) is 11.9. The van der Waals surface area contributed by atoms with Gasteiger partial charge in [-0.3, -0.25) is 0 Å². The number of aryl methyl sites for hydroxylation is 4. The van der Waals surface area contributed by atoms with Crippen molar-refractivity contribution in [1.29, 1.82) is 5.26 Å². The first-order chi connectivity index (χ1) is 29.0. The van der Waals surface area contributed by atoms with Crippen LogP contribution in [0.5, 0.6) is 0 Å². The molecule has 0 N–H and O–H groups in total. The number of benzene rings is 8. The Morgan fingerprint density at radius 3 is 1.42 bits per heavy atom. The zero-order valence-corrected chi connectivity index (χ0v) is 33.5. The van der Waals surface area contributed by atoms with Gasteiger partial charge < -0.3 is 9.13 Å². The molecule has 0 amide bonds. The Bertz CT molecular complexity index is 3430. The summed E-state index contributed by atoms with van der Waals surface area (Å²) in [5.74, 6) is 0. The first-order valence-corrected chi connectivity index (χ1v) is 20.0. The molecular formula is C54H38F3N3. The van der Waals surface area contributed by atoms with Crippen molar-refractivity contribution in [3.05, 3.63) is 191 Å². The molecule has 0 unspecified atom stereocenters. The van der Waals surface area contributed by atoms with Crippen LogP contribution in [0.25, 0.3) is 88.4 Å². The minimum absolute atomic E-state index is 0.00782. The van der Waals surface area contributed by atoms with Gasteiger partial charge >= 0.3 is 6.18 Å². The second-order valence-electron chi connectivity index (χ2n) is 15.9. The minimum atomic E-state index is -4.73. The lowest BCUT2D eigenvalue weighted by atomic mass is 9.95. The van der Waals surface area contributed by atoms with Gasteiger partial charge in [-0.25, -0.2) is 0 Å². The van der Waals surface area contributed by atoms with Crippen molar-refractivity contribution in [2.75, 3.05) is 0 Å². The number of nitriles is 1. The standard InChI is InChI=1S/C54H38F3N3/c1-32-16-20-40(34(3)24-32)38-18-22-44-42-12-5-7-14-48(42)59(50(44)27-38)52-29-46(37-11-9-10-36(26-37)31-58)47(54(55,56)57)30-53(52)60-49-15-8-6-13-43(49)45-23-19-39(28-51(45)60)41-21-17-33(2)25-35(41)4/h5-30H,1-4H3. The molecule has 3 nitrogen and oxygen atoms in total. The molecule has 0 aliphatic carbocycles. The van der Waals surface area contributed by atoms with Crippen LogP contribution >= 0.6 is 0 Å². The number of rotatable bonds is 5. The maximum Gasteiger partial charge on any atom is 0.417 e. The first-order valence-electron chi connectivity index (χ1n) is 20.0. The molecule has 0 fully saturated rings. The van der Waals surface area contributed by atoms with Gasteiger partial charge in [0.15, 0.2) is 0 Å². The Balaban J connectivity index is 1.38. The lowest BCUT2D eigenvalue weighted by Crippen LogP contribution is -2.12. The van der Waals surface area contributed by atoms with E-state index in [0.29, 0.717) is 16.9 Å². The van der Waals surface area contributed by atoms with Gasteiger partial charge in [0.05, 0.1) is 50.6 Å². The van der Waals surface area contributed by atoms with Crippen molar-refractivity contribution < 1.29 is 13.2 Å². The van der Waals surface area contributed by atoms with Crippen molar-refractivity contribution in [2.45, 2.75) is 33.9 Å². The van der Waals surface area contributed by atoms with Crippen molar-refractivity contribution in [2.24, 2.45) is 0 Å². The average Bonchev–Trinajstić information content (AvgIpc) is 3.75. The molecule has 2 aromatic heterocycles. The summed E-state index contributed by atoms with van der Waals surface area (Å²) in [6.45, 7) is 8.33. The summed E-state index contributed by atoms with van der Waals surface area (Å²) >= 11 is 0. The van der Waals surface area contributed by atoms with Crippen LogP contribution in [0.15, 0.2) is 158 Å². The predicted octanol–water partition coefficient (Wildman–Crippen LogP) is 15.0.